The van der Waals surface area contributed by atoms with Crippen molar-refractivity contribution in [3.63, 3.8) is 0 Å². The van der Waals surface area contributed by atoms with Gasteiger partial charge in [-0.2, -0.15) is 0 Å². The van der Waals surface area contributed by atoms with Gasteiger partial charge in [-0.05, 0) is 65.4 Å². The van der Waals surface area contributed by atoms with Crippen LogP contribution >= 0.6 is 11.6 Å². The molecule has 1 N–H and O–H groups in total. The van der Waals surface area contributed by atoms with E-state index in [1.807, 2.05) is 30.3 Å². The van der Waals surface area contributed by atoms with E-state index in [9.17, 15) is 4.79 Å². The van der Waals surface area contributed by atoms with Gasteiger partial charge in [-0.1, -0.05) is 29.8 Å². The van der Waals surface area contributed by atoms with Crippen molar-refractivity contribution in [1.82, 2.24) is 4.98 Å². The van der Waals surface area contributed by atoms with Crippen LogP contribution in [0.5, 0.6) is 11.5 Å². The molecule has 1 amide bonds. The zero-order chi connectivity index (χ0) is 18.6. The second-order valence-corrected chi connectivity index (χ2v) is 6.37. The molecule has 4 rings (SSSR count). The lowest BCUT2D eigenvalue weighted by molar-refractivity contribution is 0.102. The Kier molecular flexibility index (Phi) is 4.73. The van der Waals surface area contributed by atoms with Gasteiger partial charge in [0.1, 0.15) is 11.5 Å². The number of carbonyl (C=O) groups is 1. The zero-order valence-corrected chi connectivity index (χ0v) is 15.0. The Labute approximate surface area is 161 Å². The van der Waals surface area contributed by atoms with Gasteiger partial charge in [-0.3, -0.25) is 9.78 Å². The Morgan fingerprint density at radius 1 is 0.889 bits per heavy atom. The Morgan fingerprint density at radius 2 is 1.70 bits per heavy atom. The summed E-state index contributed by atoms with van der Waals surface area (Å²) in [6.45, 7) is 0. The Morgan fingerprint density at radius 3 is 2.52 bits per heavy atom. The quantitative estimate of drug-likeness (QED) is 0.481. The van der Waals surface area contributed by atoms with E-state index in [1.54, 1.807) is 54.9 Å². The molecular weight excluding hydrogens is 360 g/mol. The fourth-order valence-corrected chi connectivity index (χ4v) is 3.02. The minimum absolute atomic E-state index is 0.189. The van der Waals surface area contributed by atoms with E-state index in [2.05, 4.69) is 10.3 Å². The van der Waals surface area contributed by atoms with Crippen LogP contribution in [0.2, 0.25) is 5.02 Å². The van der Waals surface area contributed by atoms with Crippen LogP contribution in [-0.4, -0.2) is 10.9 Å². The first-order valence-electron chi connectivity index (χ1n) is 8.37. The molecule has 1 aromatic heterocycles. The third-order valence-corrected chi connectivity index (χ3v) is 4.30. The van der Waals surface area contributed by atoms with E-state index in [1.165, 1.54) is 0 Å². The normalized spacial score (nSPS) is 10.6. The number of carbonyl (C=O) groups excluding carboxylic acids is 1. The molecule has 0 atom stereocenters. The first kappa shape index (κ1) is 17.1. The second-order valence-electron chi connectivity index (χ2n) is 5.94. The van der Waals surface area contributed by atoms with Crippen molar-refractivity contribution in [2.75, 3.05) is 5.32 Å². The largest absolute Gasteiger partial charge is 0.457 e. The molecule has 1 heterocycles. The SMILES string of the molecule is O=C(Nc1cccc(Cl)c1)c1cccc2cc(Oc3ccncc3)ccc12. The molecule has 5 heteroatoms. The van der Waals surface area contributed by atoms with Gasteiger partial charge >= 0.3 is 0 Å². The summed E-state index contributed by atoms with van der Waals surface area (Å²) < 4.78 is 5.84. The van der Waals surface area contributed by atoms with Gasteiger partial charge in [0, 0.05) is 28.7 Å². The van der Waals surface area contributed by atoms with E-state index in [0.717, 1.165) is 10.8 Å². The maximum atomic E-state index is 12.7. The van der Waals surface area contributed by atoms with E-state index in [4.69, 9.17) is 16.3 Å². The molecule has 3 aromatic carbocycles. The van der Waals surface area contributed by atoms with Crippen LogP contribution in [0, 0.1) is 0 Å². The average Bonchev–Trinajstić information content (AvgIpc) is 2.68. The summed E-state index contributed by atoms with van der Waals surface area (Å²) in [7, 11) is 0. The van der Waals surface area contributed by atoms with Crippen LogP contribution in [0.3, 0.4) is 0 Å². The number of nitrogens with zero attached hydrogens (tertiary/aromatic N) is 1. The van der Waals surface area contributed by atoms with Crippen molar-refractivity contribution >= 4 is 34.0 Å². The standard InChI is InChI=1S/C22H15ClN2O2/c23-16-4-2-5-17(14-16)25-22(26)21-6-1-3-15-13-19(7-8-20(15)21)27-18-9-11-24-12-10-18/h1-14H,(H,25,26). The predicted octanol–water partition coefficient (Wildman–Crippen LogP) is 5.93. The predicted molar refractivity (Wildman–Crippen MR) is 108 cm³/mol. The minimum Gasteiger partial charge on any atom is -0.457 e. The third-order valence-electron chi connectivity index (χ3n) is 4.06. The van der Waals surface area contributed by atoms with E-state index >= 15 is 0 Å². The summed E-state index contributed by atoms with van der Waals surface area (Å²) in [4.78, 5) is 16.7. The lowest BCUT2D eigenvalue weighted by atomic mass is 10.0. The second kappa shape index (κ2) is 7.48. The van der Waals surface area contributed by atoms with Crippen LogP contribution in [0.15, 0.2) is 85.2 Å². The fraction of sp³-hybridized carbons (Fsp3) is 0. The molecule has 0 radical (unpaired) electrons. The molecule has 4 aromatic rings. The highest BCUT2D eigenvalue weighted by Gasteiger charge is 2.11. The van der Waals surface area contributed by atoms with Gasteiger partial charge in [-0.25, -0.2) is 0 Å². The number of hydrogen-bond acceptors (Lipinski definition) is 3. The Balaban J connectivity index is 1.63. The molecule has 0 saturated heterocycles. The molecule has 0 aliphatic rings. The van der Waals surface area contributed by atoms with Crippen molar-refractivity contribution in [1.29, 1.82) is 0 Å². The molecule has 0 saturated carbocycles. The molecule has 0 bridgehead atoms. The lowest BCUT2D eigenvalue weighted by Gasteiger charge is -2.10. The number of benzene rings is 3. The molecular formula is C22H15ClN2O2. The van der Waals surface area contributed by atoms with E-state index in [0.29, 0.717) is 27.8 Å². The van der Waals surface area contributed by atoms with Gasteiger partial charge in [0.05, 0.1) is 0 Å². The maximum Gasteiger partial charge on any atom is 0.256 e. The van der Waals surface area contributed by atoms with Crippen molar-refractivity contribution < 1.29 is 9.53 Å². The van der Waals surface area contributed by atoms with Crippen LogP contribution in [-0.2, 0) is 0 Å². The Bertz CT molecular complexity index is 1110. The smallest absolute Gasteiger partial charge is 0.256 e. The summed E-state index contributed by atoms with van der Waals surface area (Å²) in [6.07, 6.45) is 3.35. The first-order chi connectivity index (χ1) is 13.2. The number of ether oxygens (including phenoxy) is 1. The van der Waals surface area contributed by atoms with Crippen LogP contribution < -0.4 is 10.1 Å². The fourth-order valence-electron chi connectivity index (χ4n) is 2.83. The summed E-state index contributed by atoms with van der Waals surface area (Å²) in [5.74, 6) is 1.21. The average molecular weight is 375 g/mol. The van der Waals surface area contributed by atoms with Gasteiger partial charge < -0.3 is 10.1 Å². The van der Waals surface area contributed by atoms with Crippen LogP contribution in [0.1, 0.15) is 10.4 Å². The maximum absolute atomic E-state index is 12.7. The Hall–Kier alpha value is -3.37. The highest BCUT2D eigenvalue weighted by atomic mass is 35.5. The van der Waals surface area contributed by atoms with Gasteiger partial charge in [0.2, 0.25) is 0 Å². The number of halogens is 1. The van der Waals surface area contributed by atoms with Crippen molar-refractivity contribution in [2.24, 2.45) is 0 Å². The number of hydrogen-bond donors (Lipinski definition) is 1. The topological polar surface area (TPSA) is 51.2 Å². The van der Waals surface area contributed by atoms with Gasteiger partial charge in [0.25, 0.3) is 5.91 Å². The number of fused-ring (bicyclic) bond motifs is 1. The number of anilines is 1. The van der Waals surface area contributed by atoms with Gasteiger partial charge in [-0.15, -0.1) is 0 Å². The van der Waals surface area contributed by atoms with E-state index in [-0.39, 0.29) is 5.91 Å². The number of rotatable bonds is 4. The molecule has 0 unspecified atom stereocenters. The molecule has 0 aliphatic carbocycles. The molecule has 0 aliphatic heterocycles. The van der Waals surface area contributed by atoms with Crippen LogP contribution in [0.25, 0.3) is 10.8 Å². The zero-order valence-electron chi connectivity index (χ0n) is 14.2. The van der Waals surface area contributed by atoms with Crippen molar-refractivity contribution in [2.45, 2.75) is 0 Å². The molecule has 0 spiro atoms. The summed E-state index contributed by atoms with van der Waals surface area (Å²) in [6, 6.07) is 21.9. The van der Waals surface area contributed by atoms with Crippen molar-refractivity contribution in [3.05, 3.63) is 95.8 Å². The highest BCUT2D eigenvalue weighted by Crippen LogP contribution is 2.28. The molecule has 0 fully saturated rings. The number of amides is 1. The monoisotopic (exact) mass is 374 g/mol. The molecule has 27 heavy (non-hydrogen) atoms. The number of aromatic nitrogens is 1. The molecule has 4 nitrogen and oxygen atoms in total. The van der Waals surface area contributed by atoms with Crippen LogP contribution in [0.4, 0.5) is 5.69 Å². The third kappa shape index (κ3) is 3.91. The highest BCUT2D eigenvalue weighted by molar-refractivity contribution is 6.31. The number of nitrogens with one attached hydrogen (secondary N) is 1. The van der Waals surface area contributed by atoms with Gasteiger partial charge in [0.15, 0.2) is 0 Å². The summed E-state index contributed by atoms with van der Waals surface area (Å²) >= 11 is 5.98. The minimum atomic E-state index is -0.189. The number of pyridine rings is 1. The van der Waals surface area contributed by atoms with Crippen molar-refractivity contribution in [3.8, 4) is 11.5 Å². The first-order valence-corrected chi connectivity index (χ1v) is 8.74. The van der Waals surface area contributed by atoms with E-state index < -0.39 is 0 Å². The lowest BCUT2D eigenvalue weighted by Crippen LogP contribution is -2.12. The summed E-state index contributed by atoms with van der Waals surface area (Å²) in [5, 5.41) is 5.22. The molecule has 132 valence electrons. The summed E-state index contributed by atoms with van der Waals surface area (Å²) in [5.41, 5.74) is 1.24.